The SMILES string of the molecule is CCOC(=O)C1=C(Nc2cccnc2)OCC1=O. The van der Waals surface area contributed by atoms with Crippen LogP contribution in [0.15, 0.2) is 36.0 Å². The van der Waals surface area contributed by atoms with E-state index in [1.165, 1.54) is 0 Å². The lowest BCUT2D eigenvalue weighted by molar-refractivity contribution is -0.139. The van der Waals surface area contributed by atoms with Crippen molar-refractivity contribution in [1.82, 2.24) is 4.98 Å². The van der Waals surface area contributed by atoms with E-state index in [0.717, 1.165) is 0 Å². The Morgan fingerprint density at radius 3 is 3.11 bits per heavy atom. The Morgan fingerprint density at radius 1 is 1.61 bits per heavy atom. The normalized spacial score (nSPS) is 14.4. The Morgan fingerprint density at radius 2 is 2.44 bits per heavy atom. The zero-order valence-corrected chi connectivity index (χ0v) is 9.80. The molecule has 0 bridgehead atoms. The molecule has 1 aromatic heterocycles. The van der Waals surface area contributed by atoms with Crippen LogP contribution in [0.2, 0.25) is 0 Å². The summed E-state index contributed by atoms with van der Waals surface area (Å²) < 4.78 is 9.95. The van der Waals surface area contributed by atoms with Gasteiger partial charge in [0.2, 0.25) is 11.7 Å². The number of anilines is 1. The topological polar surface area (TPSA) is 77.5 Å². The molecule has 1 aliphatic rings. The van der Waals surface area contributed by atoms with Gasteiger partial charge in [0.15, 0.2) is 12.2 Å². The predicted octanol–water partition coefficient (Wildman–Crippen LogP) is 0.867. The lowest BCUT2D eigenvalue weighted by Gasteiger charge is -2.07. The Balaban J connectivity index is 2.23. The standard InChI is InChI=1S/C12H12N2O4/c1-2-17-12(16)10-9(15)7-18-11(10)14-8-4-3-5-13-6-8/h3-6,14H,2,7H2,1H3. The molecular formula is C12H12N2O4. The van der Waals surface area contributed by atoms with Gasteiger partial charge in [-0.15, -0.1) is 0 Å². The number of carbonyl (C=O) groups excluding carboxylic acids is 2. The van der Waals surface area contributed by atoms with Crippen LogP contribution in [-0.2, 0) is 19.1 Å². The average molecular weight is 248 g/mol. The number of pyridine rings is 1. The van der Waals surface area contributed by atoms with E-state index in [9.17, 15) is 9.59 Å². The maximum atomic E-state index is 11.6. The van der Waals surface area contributed by atoms with Crippen LogP contribution in [0.4, 0.5) is 5.69 Å². The Kier molecular flexibility index (Phi) is 3.57. The van der Waals surface area contributed by atoms with Crippen LogP contribution in [0.1, 0.15) is 6.92 Å². The van der Waals surface area contributed by atoms with Gasteiger partial charge in [0.05, 0.1) is 18.5 Å². The lowest BCUT2D eigenvalue weighted by Crippen LogP contribution is -2.16. The molecule has 2 heterocycles. The van der Waals surface area contributed by atoms with Gasteiger partial charge in [-0.05, 0) is 19.1 Å². The van der Waals surface area contributed by atoms with E-state index in [1.54, 1.807) is 31.5 Å². The second-order valence-corrected chi connectivity index (χ2v) is 3.50. The maximum Gasteiger partial charge on any atom is 0.347 e. The van der Waals surface area contributed by atoms with Gasteiger partial charge in [-0.1, -0.05) is 0 Å². The monoisotopic (exact) mass is 248 g/mol. The van der Waals surface area contributed by atoms with Crippen molar-refractivity contribution >= 4 is 17.4 Å². The van der Waals surface area contributed by atoms with Crippen molar-refractivity contribution in [3.05, 3.63) is 36.0 Å². The summed E-state index contributed by atoms with van der Waals surface area (Å²) in [5, 5.41) is 2.83. The highest BCUT2D eigenvalue weighted by molar-refractivity contribution is 6.19. The first-order valence-electron chi connectivity index (χ1n) is 5.46. The summed E-state index contributed by atoms with van der Waals surface area (Å²) in [6.45, 7) is 1.72. The molecule has 0 aromatic carbocycles. The number of carbonyl (C=O) groups is 2. The molecule has 0 spiro atoms. The average Bonchev–Trinajstić information content (AvgIpc) is 2.72. The number of ketones is 1. The molecule has 2 rings (SSSR count). The summed E-state index contributed by atoms with van der Waals surface area (Å²) in [5.74, 6) is -0.947. The van der Waals surface area contributed by atoms with Gasteiger partial charge in [-0.25, -0.2) is 4.79 Å². The summed E-state index contributed by atoms with van der Waals surface area (Å²) in [4.78, 5) is 27.1. The number of hydrogen-bond donors (Lipinski definition) is 1. The summed E-state index contributed by atoms with van der Waals surface area (Å²) >= 11 is 0. The zero-order valence-electron chi connectivity index (χ0n) is 9.80. The van der Waals surface area contributed by atoms with Gasteiger partial charge in [0.1, 0.15) is 0 Å². The highest BCUT2D eigenvalue weighted by Crippen LogP contribution is 2.19. The van der Waals surface area contributed by atoms with Gasteiger partial charge in [-0.3, -0.25) is 9.78 Å². The van der Waals surface area contributed by atoms with Crippen molar-refractivity contribution in [1.29, 1.82) is 0 Å². The number of nitrogens with zero attached hydrogens (tertiary/aromatic N) is 1. The van der Waals surface area contributed by atoms with Crippen LogP contribution in [0, 0.1) is 0 Å². The third-order valence-corrected chi connectivity index (χ3v) is 2.25. The number of Topliss-reactive ketones (excluding diaryl/α,β-unsaturated/α-hetero) is 1. The molecule has 6 heteroatoms. The van der Waals surface area contributed by atoms with E-state index in [1.807, 2.05) is 0 Å². The number of nitrogens with one attached hydrogen (secondary N) is 1. The largest absolute Gasteiger partial charge is 0.470 e. The Bertz CT molecular complexity index is 496. The molecule has 0 aliphatic carbocycles. The summed E-state index contributed by atoms with van der Waals surface area (Å²) in [5.41, 5.74) is 0.546. The molecule has 18 heavy (non-hydrogen) atoms. The molecule has 0 amide bonds. The molecule has 0 saturated heterocycles. The van der Waals surface area contributed by atoms with Crippen LogP contribution >= 0.6 is 0 Å². The highest BCUT2D eigenvalue weighted by atomic mass is 16.5. The van der Waals surface area contributed by atoms with Crippen molar-refractivity contribution in [3.8, 4) is 0 Å². The first-order valence-corrected chi connectivity index (χ1v) is 5.46. The van der Waals surface area contributed by atoms with E-state index in [4.69, 9.17) is 9.47 Å². The van der Waals surface area contributed by atoms with Crippen molar-refractivity contribution < 1.29 is 19.1 Å². The highest BCUT2D eigenvalue weighted by Gasteiger charge is 2.32. The summed E-state index contributed by atoms with van der Waals surface area (Å²) in [7, 11) is 0. The molecule has 1 aromatic rings. The number of rotatable bonds is 4. The Labute approximate surface area is 104 Å². The molecule has 94 valence electrons. The van der Waals surface area contributed by atoms with Crippen molar-refractivity contribution in [2.75, 3.05) is 18.5 Å². The van der Waals surface area contributed by atoms with Crippen molar-refractivity contribution in [3.63, 3.8) is 0 Å². The molecule has 0 unspecified atom stereocenters. The van der Waals surface area contributed by atoms with Crippen LogP contribution in [-0.4, -0.2) is 30.0 Å². The maximum absolute atomic E-state index is 11.6. The van der Waals surface area contributed by atoms with E-state index in [-0.39, 0.29) is 30.5 Å². The third kappa shape index (κ3) is 2.48. The second-order valence-electron chi connectivity index (χ2n) is 3.50. The van der Waals surface area contributed by atoms with E-state index >= 15 is 0 Å². The van der Waals surface area contributed by atoms with Crippen LogP contribution in [0.3, 0.4) is 0 Å². The molecular weight excluding hydrogens is 236 g/mol. The minimum absolute atomic E-state index is 0.0827. The molecule has 0 atom stereocenters. The van der Waals surface area contributed by atoms with E-state index in [2.05, 4.69) is 10.3 Å². The van der Waals surface area contributed by atoms with Gasteiger partial charge in [0, 0.05) is 6.20 Å². The molecule has 0 radical (unpaired) electrons. The fourth-order valence-electron chi connectivity index (χ4n) is 1.48. The summed E-state index contributed by atoms with van der Waals surface area (Å²) in [6.07, 6.45) is 3.18. The fraction of sp³-hybridized carbons (Fsp3) is 0.250. The quantitative estimate of drug-likeness (QED) is 0.629. The summed E-state index contributed by atoms with van der Waals surface area (Å²) in [6, 6.07) is 3.47. The van der Waals surface area contributed by atoms with Gasteiger partial charge in [-0.2, -0.15) is 0 Å². The molecule has 0 fully saturated rings. The smallest absolute Gasteiger partial charge is 0.347 e. The van der Waals surface area contributed by atoms with Gasteiger partial charge >= 0.3 is 5.97 Å². The van der Waals surface area contributed by atoms with Gasteiger partial charge < -0.3 is 14.8 Å². The first-order chi connectivity index (χ1) is 8.72. The van der Waals surface area contributed by atoms with Crippen LogP contribution < -0.4 is 5.32 Å². The molecule has 6 nitrogen and oxygen atoms in total. The van der Waals surface area contributed by atoms with Gasteiger partial charge in [0.25, 0.3) is 0 Å². The van der Waals surface area contributed by atoms with E-state index in [0.29, 0.717) is 5.69 Å². The minimum Gasteiger partial charge on any atom is -0.470 e. The molecule has 0 saturated carbocycles. The number of ether oxygens (including phenoxy) is 2. The van der Waals surface area contributed by atoms with Crippen molar-refractivity contribution in [2.24, 2.45) is 0 Å². The Hall–Kier alpha value is -2.37. The zero-order chi connectivity index (χ0) is 13.0. The number of aromatic nitrogens is 1. The lowest BCUT2D eigenvalue weighted by atomic mass is 10.2. The van der Waals surface area contributed by atoms with Crippen LogP contribution in [0.25, 0.3) is 0 Å². The molecule has 1 aliphatic heterocycles. The van der Waals surface area contributed by atoms with E-state index < -0.39 is 5.97 Å². The number of esters is 1. The minimum atomic E-state index is -0.675. The first kappa shape index (κ1) is 12.1. The number of hydrogen-bond acceptors (Lipinski definition) is 6. The molecule has 1 N–H and O–H groups in total. The van der Waals surface area contributed by atoms with Crippen molar-refractivity contribution in [2.45, 2.75) is 6.92 Å². The fourth-order valence-corrected chi connectivity index (χ4v) is 1.48. The third-order valence-electron chi connectivity index (χ3n) is 2.25. The second kappa shape index (κ2) is 5.31. The van der Waals surface area contributed by atoms with Crippen LogP contribution in [0.5, 0.6) is 0 Å². The predicted molar refractivity (Wildman–Crippen MR) is 62.5 cm³/mol.